The van der Waals surface area contributed by atoms with Gasteiger partial charge in [0, 0.05) is 29.9 Å². The van der Waals surface area contributed by atoms with Crippen LogP contribution in [0.4, 0.5) is 0 Å². The number of rotatable bonds is 8. The minimum absolute atomic E-state index is 0.00491. The van der Waals surface area contributed by atoms with E-state index in [-0.39, 0.29) is 17.9 Å². The van der Waals surface area contributed by atoms with Crippen molar-refractivity contribution in [3.05, 3.63) is 70.2 Å². The first kappa shape index (κ1) is 22.5. The standard InChI is InChI=1S/C25H31BrN2O2/c1-2-24(29)28(18-20-12-9-13-21(26)16-20)23(17-19-10-5-3-6-11-19)25(30)27-22-14-7-4-8-15-22/h3,5-6,9-13,16,22-23H,2,4,7-8,14-15,17-18H2,1H3,(H,27,30). The highest BCUT2D eigenvalue weighted by Crippen LogP contribution is 2.21. The number of nitrogens with one attached hydrogen (secondary N) is 1. The van der Waals surface area contributed by atoms with Gasteiger partial charge in [-0.1, -0.05) is 84.6 Å². The second kappa shape index (κ2) is 11.3. The molecule has 1 fully saturated rings. The van der Waals surface area contributed by atoms with E-state index in [2.05, 4.69) is 21.2 Å². The van der Waals surface area contributed by atoms with Crippen LogP contribution in [0.5, 0.6) is 0 Å². The monoisotopic (exact) mass is 470 g/mol. The zero-order valence-electron chi connectivity index (χ0n) is 17.6. The predicted octanol–water partition coefficient (Wildman–Crippen LogP) is 5.25. The summed E-state index contributed by atoms with van der Waals surface area (Å²) in [6.07, 6.45) is 6.49. The van der Waals surface area contributed by atoms with Gasteiger partial charge in [0.15, 0.2) is 0 Å². The molecule has 1 aliphatic rings. The Morgan fingerprint density at radius 3 is 2.40 bits per heavy atom. The number of hydrogen-bond acceptors (Lipinski definition) is 2. The van der Waals surface area contributed by atoms with Gasteiger partial charge in [-0.2, -0.15) is 0 Å². The largest absolute Gasteiger partial charge is 0.352 e. The molecule has 2 amide bonds. The second-order valence-corrected chi connectivity index (χ2v) is 8.97. The van der Waals surface area contributed by atoms with Crippen molar-refractivity contribution in [2.75, 3.05) is 0 Å². The molecule has 0 aliphatic heterocycles. The number of amides is 2. The fourth-order valence-corrected chi connectivity index (χ4v) is 4.58. The first-order valence-corrected chi connectivity index (χ1v) is 11.7. The lowest BCUT2D eigenvalue weighted by atomic mass is 9.94. The fourth-order valence-electron chi connectivity index (χ4n) is 4.13. The molecule has 1 atom stereocenters. The van der Waals surface area contributed by atoms with Crippen molar-refractivity contribution in [2.45, 2.75) is 70.5 Å². The third kappa shape index (κ3) is 6.43. The van der Waals surface area contributed by atoms with Crippen molar-refractivity contribution in [3.63, 3.8) is 0 Å². The van der Waals surface area contributed by atoms with Crippen LogP contribution in [-0.2, 0) is 22.6 Å². The molecule has 30 heavy (non-hydrogen) atoms. The summed E-state index contributed by atoms with van der Waals surface area (Å²) in [6, 6.07) is 17.6. The van der Waals surface area contributed by atoms with Gasteiger partial charge >= 0.3 is 0 Å². The van der Waals surface area contributed by atoms with Gasteiger partial charge in [0.05, 0.1) is 0 Å². The van der Waals surface area contributed by atoms with Crippen LogP contribution in [0.15, 0.2) is 59.1 Å². The van der Waals surface area contributed by atoms with E-state index < -0.39 is 6.04 Å². The minimum Gasteiger partial charge on any atom is -0.352 e. The maximum atomic E-state index is 13.4. The summed E-state index contributed by atoms with van der Waals surface area (Å²) in [6.45, 7) is 2.27. The smallest absolute Gasteiger partial charge is 0.243 e. The molecule has 0 saturated heterocycles. The van der Waals surface area contributed by atoms with Gasteiger partial charge in [-0.05, 0) is 36.1 Å². The fraction of sp³-hybridized carbons (Fsp3) is 0.440. The van der Waals surface area contributed by atoms with Crippen LogP contribution in [0, 0.1) is 0 Å². The lowest BCUT2D eigenvalue weighted by molar-refractivity contribution is -0.141. The summed E-state index contributed by atoms with van der Waals surface area (Å²) in [5, 5.41) is 3.25. The van der Waals surface area contributed by atoms with Gasteiger partial charge in [0.1, 0.15) is 6.04 Å². The number of nitrogens with zero attached hydrogens (tertiary/aromatic N) is 1. The van der Waals surface area contributed by atoms with E-state index in [1.54, 1.807) is 4.90 Å². The van der Waals surface area contributed by atoms with Crippen molar-refractivity contribution < 1.29 is 9.59 Å². The molecule has 1 aliphatic carbocycles. The van der Waals surface area contributed by atoms with Crippen LogP contribution >= 0.6 is 15.9 Å². The van der Waals surface area contributed by atoms with E-state index >= 15 is 0 Å². The van der Waals surface area contributed by atoms with Crippen molar-refractivity contribution in [1.29, 1.82) is 0 Å². The maximum absolute atomic E-state index is 13.4. The maximum Gasteiger partial charge on any atom is 0.243 e. The number of carbonyl (C=O) groups excluding carboxylic acids is 2. The summed E-state index contributed by atoms with van der Waals surface area (Å²) in [5.41, 5.74) is 2.07. The van der Waals surface area contributed by atoms with E-state index in [4.69, 9.17) is 0 Å². The molecule has 0 aromatic heterocycles. The number of carbonyl (C=O) groups is 2. The number of halogens is 1. The Kier molecular flexibility index (Phi) is 8.50. The summed E-state index contributed by atoms with van der Waals surface area (Å²) in [7, 11) is 0. The molecule has 0 heterocycles. The average molecular weight is 471 g/mol. The average Bonchev–Trinajstić information content (AvgIpc) is 2.77. The zero-order chi connectivity index (χ0) is 21.3. The highest BCUT2D eigenvalue weighted by atomic mass is 79.9. The SMILES string of the molecule is CCC(=O)N(Cc1cccc(Br)c1)C(Cc1ccccc1)C(=O)NC1CCCCC1. The summed E-state index contributed by atoms with van der Waals surface area (Å²) >= 11 is 3.51. The zero-order valence-corrected chi connectivity index (χ0v) is 19.2. The topological polar surface area (TPSA) is 49.4 Å². The Morgan fingerprint density at radius 1 is 1.03 bits per heavy atom. The van der Waals surface area contributed by atoms with Crippen LogP contribution in [-0.4, -0.2) is 28.8 Å². The number of hydrogen-bond donors (Lipinski definition) is 1. The molecule has 2 aromatic carbocycles. The first-order chi connectivity index (χ1) is 14.6. The van der Waals surface area contributed by atoms with Crippen LogP contribution in [0.3, 0.4) is 0 Å². The molecule has 4 nitrogen and oxygen atoms in total. The van der Waals surface area contributed by atoms with E-state index in [9.17, 15) is 9.59 Å². The Bertz CT molecular complexity index is 834. The van der Waals surface area contributed by atoms with Crippen molar-refractivity contribution in [2.24, 2.45) is 0 Å². The van der Waals surface area contributed by atoms with Gasteiger partial charge < -0.3 is 10.2 Å². The molecule has 1 N–H and O–H groups in total. The molecule has 160 valence electrons. The quantitative estimate of drug-likeness (QED) is 0.572. The molecule has 0 spiro atoms. The molecule has 2 aromatic rings. The molecule has 3 rings (SSSR count). The minimum atomic E-state index is -0.527. The Balaban J connectivity index is 1.86. The van der Waals surface area contributed by atoms with Crippen LogP contribution in [0.1, 0.15) is 56.6 Å². The summed E-state index contributed by atoms with van der Waals surface area (Å²) < 4.78 is 0.968. The normalized spacial score (nSPS) is 15.4. The Morgan fingerprint density at radius 2 is 1.73 bits per heavy atom. The highest BCUT2D eigenvalue weighted by molar-refractivity contribution is 9.10. The molecule has 0 bridgehead atoms. The van der Waals surface area contributed by atoms with Crippen molar-refractivity contribution >= 4 is 27.7 Å². The highest BCUT2D eigenvalue weighted by Gasteiger charge is 2.31. The van der Waals surface area contributed by atoms with Gasteiger partial charge in [-0.3, -0.25) is 9.59 Å². The third-order valence-electron chi connectivity index (χ3n) is 5.77. The van der Waals surface area contributed by atoms with E-state index in [1.165, 1.54) is 6.42 Å². The lowest BCUT2D eigenvalue weighted by Gasteiger charge is -2.33. The van der Waals surface area contributed by atoms with Gasteiger partial charge in [0.2, 0.25) is 11.8 Å². The summed E-state index contributed by atoms with van der Waals surface area (Å²) in [5.74, 6) is -0.0442. The first-order valence-electron chi connectivity index (χ1n) is 10.9. The van der Waals surface area contributed by atoms with Gasteiger partial charge in [0.25, 0.3) is 0 Å². The Hall–Kier alpha value is -2.14. The van der Waals surface area contributed by atoms with E-state index in [0.29, 0.717) is 19.4 Å². The molecular weight excluding hydrogens is 440 g/mol. The lowest BCUT2D eigenvalue weighted by Crippen LogP contribution is -2.52. The second-order valence-electron chi connectivity index (χ2n) is 8.05. The molecule has 0 radical (unpaired) electrons. The van der Waals surface area contributed by atoms with Gasteiger partial charge in [-0.15, -0.1) is 0 Å². The van der Waals surface area contributed by atoms with Crippen molar-refractivity contribution in [3.8, 4) is 0 Å². The van der Waals surface area contributed by atoms with Crippen LogP contribution in [0.25, 0.3) is 0 Å². The molecule has 1 unspecified atom stereocenters. The van der Waals surface area contributed by atoms with Crippen LogP contribution in [0.2, 0.25) is 0 Å². The Labute approximate surface area is 188 Å². The molecule has 5 heteroatoms. The van der Waals surface area contributed by atoms with Gasteiger partial charge in [-0.25, -0.2) is 0 Å². The van der Waals surface area contributed by atoms with Crippen LogP contribution < -0.4 is 5.32 Å². The third-order valence-corrected chi connectivity index (χ3v) is 6.26. The molecule has 1 saturated carbocycles. The van der Waals surface area contributed by atoms with E-state index in [0.717, 1.165) is 41.3 Å². The summed E-state index contributed by atoms with van der Waals surface area (Å²) in [4.78, 5) is 28.1. The van der Waals surface area contributed by atoms with E-state index in [1.807, 2.05) is 61.5 Å². The predicted molar refractivity (Wildman–Crippen MR) is 124 cm³/mol. The number of benzene rings is 2. The molecular formula is C25H31BrN2O2. The van der Waals surface area contributed by atoms with Crippen molar-refractivity contribution in [1.82, 2.24) is 10.2 Å².